The van der Waals surface area contributed by atoms with Crippen molar-refractivity contribution in [3.63, 3.8) is 0 Å². The number of sulfonamides is 1. The monoisotopic (exact) mass is 499 g/mol. The van der Waals surface area contributed by atoms with E-state index in [0.717, 1.165) is 22.4 Å². The van der Waals surface area contributed by atoms with Gasteiger partial charge in [-0.05, 0) is 36.2 Å². The van der Waals surface area contributed by atoms with Gasteiger partial charge in [-0.25, -0.2) is 17.9 Å². The predicted molar refractivity (Wildman–Crippen MR) is 123 cm³/mol. The Kier molecular flexibility index (Phi) is 6.98. The van der Waals surface area contributed by atoms with Crippen LogP contribution in [0.2, 0.25) is 10.0 Å². The summed E-state index contributed by atoms with van der Waals surface area (Å²) in [5.74, 6) is 0. The Bertz CT molecular complexity index is 1190. The second kappa shape index (κ2) is 9.18. The molecular formula is C21H19Cl2NO5S2. The van der Waals surface area contributed by atoms with E-state index in [1.807, 2.05) is 30.3 Å². The molecule has 0 unspecified atom stereocenters. The number of thiophene rings is 1. The van der Waals surface area contributed by atoms with Crippen LogP contribution in [0.25, 0.3) is 10.4 Å². The van der Waals surface area contributed by atoms with Gasteiger partial charge >= 0.3 is 6.16 Å². The van der Waals surface area contributed by atoms with Gasteiger partial charge in [0.15, 0.2) is 0 Å². The average Bonchev–Trinajstić information content (AvgIpc) is 3.11. The van der Waals surface area contributed by atoms with E-state index in [4.69, 9.17) is 38.2 Å². The summed E-state index contributed by atoms with van der Waals surface area (Å²) in [6, 6.07) is 18.5. The molecule has 164 valence electrons. The van der Waals surface area contributed by atoms with Crippen LogP contribution in [0, 0.1) is 0 Å². The Labute approximate surface area is 194 Å². The highest BCUT2D eigenvalue weighted by Gasteiger charge is 2.53. The topological polar surface area (TPSA) is 104 Å². The van der Waals surface area contributed by atoms with Gasteiger partial charge in [-0.3, -0.25) is 0 Å². The highest BCUT2D eigenvalue weighted by atomic mass is 35.5. The van der Waals surface area contributed by atoms with Gasteiger partial charge in [-0.2, -0.15) is 0 Å². The number of benzene rings is 2. The minimum atomic E-state index is -3.58. The van der Waals surface area contributed by atoms with E-state index in [0.29, 0.717) is 10.0 Å². The molecule has 0 bridgehead atoms. The first-order valence-corrected chi connectivity index (χ1v) is 12.1. The van der Waals surface area contributed by atoms with Gasteiger partial charge in [0.2, 0.25) is 10.0 Å². The number of rotatable bonds is 5. The van der Waals surface area contributed by atoms with Gasteiger partial charge < -0.3 is 10.2 Å². The van der Waals surface area contributed by atoms with Gasteiger partial charge in [0.1, 0.15) is 4.21 Å². The summed E-state index contributed by atoms with van der Waals surface area (Å²) in [6.45, 7) is 2.09. The molecule has 0 amide bonds. The Balaban J connectivity index is 0.000000628. The van der Waals surface area contributed by atoms with Gasteiger partial charge in [-0.15, -0.1) is 11.3 Å². The number of carbonyl (C=O) groups is 1. The molecule has 0 radical (unpaired) electrons. The van der Waals surface area contributed by atoms with Gasteiger partial charge in [0.05, 0.1) is 5.02 Å². The molecule has 1 aliphatic carbocycles. The van der Waals surface area contributed by atoms with Gasteiger partial charge in [0, 0.05) is 26.9 Å². The van der Waals surface area contributed by atoms with Gasteiger partial charge in [-0.1, -0.05) is 66.5 Å². The van der Waals surface area contributed by atoms with Crippen molar-refractivity contribution in [2.24, 2.45) is 0 Å². The molecule has 2 atom stereocenters. The third-order valence-corrected chi connectivity index (χ3v) is 8.64. The summed E-state index contributed by atoms with van der Waals surface area (Å²) in [6.07, 6.45) is -1.04. The molecule has 31 heavy (non-hydrogen) atoms. The van der Waals surface area contributed by atoms with Crippen molar-refractivity contribution in [1.29, 1.82) is 0 Å². The number of halogens is 2. The van der Waals surface area contributed by atoms with E-state index in [9.17, 15) is 8.42 Å². The number of hydrogen-bond donors (Lipinski definition) is 3. The lowest BCUT2D eigenvalue weighted by molar-refractivity contribution is 0.137. The molecule has 0 saturated heterocycles. The smallest absolute Gasteiger partial charge is 0.450 e. The molecule has 1 saturated carbocycles. The second-order valence-corrected chi connectivity index (χ2v) is 11.1. The molecule has 0 aliphatic heterocycles. The normalized spacial score (nSPS) is 19.9. The van der Waals surface area contributed by atoms with Crippen LogP contribution in [0.3, 0.4) is 0 Å². The highest BCUT2D eigenvalue weighted by Crippen LogP contribution is 2.48. The highest BCUT2D eigenvalue weighted by molar-refractivity contribution is 7.91. The summed E-state index contributed by atoms with van der Waals surface area (Å²) < 4.78 is 28.8. The quantitative estimate of drug-likeness (QED) is 0.402. The second-order valence-electron chi connectivity index (χ2n) is 7.19. The molecule has 2 aromatic carbocycles. The van der Waals surface area contributed by atoms with Gasteiger partial charge in [0.25, 0.3) is 0 Å². The Morgan fingerprint density at radius 1 is 1.10 bits per heavy atom. The number of carboxylic acid groups (broad SMARTS) is 2. The first-order chi connectivity index (χ1) is 14.5. The van der Waals surface area contributed by atoms with Crippen molar-refractivity contribution in [3.8, 4) is 10.4 Å². The molecule has 4 rings (SSSR count). The molecule has 1 aliphatic rings. The summed E-state index contributed by atoms with van der Waals surface area (Å²) in [5, 5.41) is 15.0. The van der Waals surface area contributed by atoms with Crippen molar-refractivity contribution >= 4 is 50.7 Å². The summed E-state index contributed by atoms with van der Waals surface area (Å²) in [4.78, 5) is 9.35. The molecule has 1 aromatic heterocycles. The molecule has 0 spiro atoms. The minimum absolute atomic E-state index is 0.102. The van der Waals surface area contributed by atoms with Crippen molar-refractivity contribution < 1.29 is 23.4 Å². The number of hydrogen-bond acceptors (Lipinski definition) is 4. The van der Waals surface area contributed by atoms with Crippen LogP contribution in [0.15, 0.2) is 64.9 Å². The van der Waals surface area contributed by atoms with Crippen molar-refractivity contribution in [2.45, 2.75) is 29.0 Å². The van der Waals surface area contributed by atoms with E-state index >= 15 is 0 Å². The molecular weight excluding hydrogens is 481 g/mol. The van der Waals surface area contributed by atoms with E-state index in [-0.39, 0.29) is 15.7 Å². The largest absolute Gasteiger partial charge is 0.503 e. The lowest BCUT2D eigenvalue weighted by Gasteiger charge is -2.12. The van der Waals surface area contributed by atoms with Crippen LogP contribution < -0.4 is 4.72 Å². The van der Waals surface area contributed by atoms with E-state index in [2.05, 4.69) is 11.6 Å². The summed E-state index contributed by atoms with van der Waals surface area (Å²) in [5.41, 5.74) is 1.76. The third kappa shape index (κ3) is 5.58. The lowest BCUT2D eigenvalue weighted by atomic mass is 9.98. The fraction of sp³-hybridized carbons (Fsp3) is 0.190. The Morgan fingerprint density at radius 3 is 2.35 bits per heavy atom. The van der Waals surface area contributed by atoms with E-state index in [1.165, 1.54) is 11.3 Å². The van der Waals surface area contributed by atoms with Crippen LogP contribution in [-0.2, 0) is 15.4 Å². The maximum Gasteiger partial charge on any atom is 0.503 e. The van der Waals surface area contributed by atoms with Crippen molar-refractivity contribution in [3.05, 3.63) is 76.3 Å². The maximum absolute atomic E-state index is 12.8. The zero-order chi connectivity index (χ0) is 22.8. The third-order valence-electron chi connectivity index (χ3n) is 5.01. The molecule has 3 N–H and O–H groups in total. The Morgan fingerprint density at radius 2 is 1.74 bits per heavy atom. The minimum Gasteiger partial charge on any atom is -0.450 e. The fourth-order valence-electron chi connectivity index (χ4n) is 3.22. The van der Waals surface area contributed by atoms with Crippen molar-refractivity contribution in [1.82, 2.24) is 4.72 Å². The molecule has 10 heteroatoms. The van der Waals surface area contributed by atoms with Crippen LogP contribution in [0.5, 0.6) is 0 Å². The molecule has 1 fully saturated rings. The zero-order valence-corrected chi connectivity index (χ0v) is 19.4. The van der Waals surface area contributed by atoms with Crippen molar-refractivity contribution in [2.75, 3.05) is 0 Å². The maximum atomic E-state index is 12.8. The SMILES string of the molecule is C[C@]1(c2ccccc2)C[C@@H]1NS(=O)(=O)c1ccc(-c2ccc(Cl)cc2Cl)s1.O=C(O)O. The number of nitrogens with one attached hydrogen (secondary N) is 1. The van der Waals surface area contributed by atoms with Crippen LogP contribution in [0.1, 0.15) is 18.9 Å². The fourth-order valence-corrected chi connectivity index (χ4v) is 6.50. The van der Waals surface area contributed by atoms with Crippen LogP contribution in [0.4, 0.5) is 4.79 Å². The lowest BCUT2D eigenvalue weighted by Crippen LogP contribution is -2.29. The Hall–Kier alpha value is -2.10. The average molecular weight is 500 g/mol. The molecule has 1 heterocycles. The molecule has 6 nitrogen and oxygen atoms in total. The summed E-state index contributed by atoms with van der Waals surface area (Å²) in [7, 11) is -3.58. The van der Waals surface area contributed by atoms with Crippen LogP contribution in [-0.4, -0.2) is 30.8 Å². The first kappa shape index (κ1) is 23.6. The van der Waals surface area contributed by atoms with Crippen LogP contribution >= 0.6 is 34.5 Å². The zero-order valence-electron chi connectivity index (χ0n) is 16.2. The van der Waals surface area contributed by atoms with E-state index < -0.39 is 16.2 Å². The molecule has 3 aromatic rings. The first-order valence-electron chi connectivity index (χ1n) is 9.08. The van der Waals surface area contributed by atoms with E-state index in [1.54, 1.807) is 30.3 Å². The summed E-state index contributed by atoms with van der Waals surface area (Å²) >= 11 is 13.4. The standard InChI is InChI=1S/C20H17Cl2NO2S2.CH2O3/c1-20(13-5-3-2-4-6-13)12-18(20)23-27(24,25)19-10-9-17(26-19)15-8-7-14(21)11-16(15)22;2-1(3)4/h2-11,18,23H,12H2,1H3;(H2,2,3,4)/t18-,20+;/m0./s1. The predicted octanol–water partition coefficient (Wildman–Crippen LogP) is 5.95.